The lowest BCUT2D eigenvalue weighted by atomic mass is 9.47. The molecule has 0 bridgehead atoms. The summed E-state index contributed by atoms with van der Waals surface area (Å²) in [6, 6.07) is 0. The Morgan fingerprint density at radius 1 is 1.09 bits per heavy atom. The molecule has 2 heteroatoms. The first-order chi connectivity index (χ1) is 15.1. The Balaban J connectivity index is 1.53. The van der Waals surface area contributed by atoms with E-state index >= 15 is 0 Å². The Kier molecular flexibility index (Phi) is 6.74. The Morgan fingerprint density at radius 3 is 2.53 bits per heavy atom. The van der Waals surface area contributed by atoms with Crippen molar-refractivity contribution in [1.29, 1.82) is 0 Å². The van der Waals surface area contributed by atoms with E-state index in [1.54, 1.807) is 0 Å². The topological polar surface area (TPSA) is 26.3 Å². The maximum atomic E-state index is 11.6. The van der Waals surface area contributed by atoms with Crippen LogP contribution in [0.1, 0.15) is 113 Å². The molecule has 2 saturated carbocycles. The Bertz CT molecular complexity index is 789. The van der Waals surface area contributed by atoms with E-state index in [-0.39, 0.29) is 11.4 Å². The average Bonchev–Trinajstić information content (AvgIpc) is 3.07. The smallest absolute Gasteiger partial charge is 0.307 e. The van der Waals surface area contributed by atoms with Gasteiger partial charge in [0.05, 0.1) is 0 Å². The molecule has 4 rings (SSSR count). The number of hydrogen-bond donors (Lipinski definition) is 0. The highest BCUT2D eigenvalue weighted by Crippen LogP contribution is 2.67. The molecular formula is C30H48O2. The minimum atomic E-state index is -0.176. The van der Waals surface area contributed by atoms with Crippen molar-refractivity contribution in [2.45, 2.75) is 113 Å². The molecule has 0 aliphatic heterocycles. The standard InChI is InChI=1S/C30H48O2/c1-19(2)9-8-10-20(3)24-13-14-26-23-11-12-25-21(4)28(32-22(5)31)16-18-30(25,7)27(23)15-17-29(24,26)6/h12,19-20,23-24,26-27H,8-11,13-18H2,1-7H3/t20-,23+,24-,26+,27+,29-,30-/m0/s1. The summed E-state index contributed by atoms with van der Waals surface area (Å²) in [4.78, 5) is 11.6. The first-order valence-electron chi connectivity index (χ1n) is 13.7. The van der Waals surface area contributed by atoms with Crippen LogP contribution >= 0.6 is 0 Å². The zero-order valence-electron chi connectivity index (χ0n) is 21.9. The van der Waals surface area contributed by atoms with Crippen molar-refractivity contribution < 1.29 is 9.53 Å². The van der Waals surface area contributed by atoms with Crippen LogP contribution in [0.15, 0.2) is 23.0 Å². The van der Waals surface area contributed by atoms with Crippen molar-refractivity contribution in [3.8, 4) is 0 Å². The molecule has 0 N–H and O–H groups in total. The molecule has 0 aromatic carbocycles. The summed E-state index contributed by atoms with van der Waals surface area (Å²) in [6.45, 7) is 16.2. The molecule has 2 fully saturated rings. The lowest BCUT2D eigenvalue weighted by molar-refractivity contribution is -0.137. The zero-order chi connectivity index (χ0) is 23.3. The third-order valence-corrected chi connectivity index (χ3v) is 10.6. The average molecular weight is 441 g/mol. The van der Waals surface area contributed by atoms with Crippen molar-refractivity contribution in [3.63, 3.8) is 0 Å². The van der Waals surface area contributed by atoms with Crippen LogP contribution in [0.2, 0.25) is 0 Å². The van der Waals surface area contributed by atoms with Crippen molar-refractivity contribution in [1.82, 2.24) is 0 Å². The number of fused-ring (bicyclic) bond motifs is 5. The first kappa shape index (κ1) is 24.1. The molecule has 0 radical (unpaired) electrons. The SMILES string of the molecule is CC(=O)OC1=C(C)C2=CC[C@@H]3[C@H]4CC[C@@H]([C@@H](C)CCCC(C)C)[C@]4(C)CC[C@H]3[C@@]2(C)CC1. The molecule has 0 aromatic rings. The fourth-order valence-electron chi connectivity index (χ4n) is 9.03. The molecular weight excluding hydrogens is 392 g/mol. The molecule has 7 atom stereocenters. The molecule has 2 nitrogen and oxygen atoms in total. The summed E-state index contributed by atoms with van der Waals surface area (Å²) in [5, 5.41) is 0. The highest BCUT2D eigenvalue weighted by atomic mass is 16.5. The lowest BCUT2D eigenvalue weighted by Crippen LogP contribution is -2.50. The summed E-state index contributed by atoms with van der Waals surface area (Å²) >= 11 is 0. The van der Waals surface area contributed by atoms with Crippen LogP contribution < -0.4 is 0 Å². The van der Waals surface area contributed by atoms with E-state index in [1.165, 1.54) is 69.4 Å². The summed E-state index contributed by atoms with van der Waals surface area (Å²) < 4.78 is 5.61. The lowest BCUT2D eigenvalue weighted by Gasteiger charge is -2.58. The van der Waals surface area contributed by atoms with Crippen LogP contribution in [0, 0.1) is 46.3 Å². The Labute approximate surface area is 197 Å². The van der Waals surface area contributed by atoms with E-state index in [1.807, 2.05) is 0 Å². The second-order valence-electron chi connectivity index (χ2n) is 12.8. The largest absolute Gasteiger partial charge is 0.431 e. The van der Waals surface area contributed by atoms with Gasteiger partial charge in [-0.25, -0.2) is 0 Å². The monoisotopic (exact) mass is 440 g/mol. The van der Waals surface area contributed by atoms with Crippen LogP contribution in [0.25, 0.3) is 0 Å². The van der Waals surface area contributed by atoms with Gasteiger partial charge in [0, 0.05) is 13.3 Å². The third kappa shape index (κ3) is 4.03. The van der Waals surface area contributed by atoms with Crippen molar-refractivity contribution in [3.05, 3.63) is 23.0 Å². The van der Waals surface area contributed by atoms with Crippen LogP contribution in [0.5, 0.6) is 0 Å². The molecule has 4 aliphatic rings. The number of esters is 1. The van der Waals surface area contributed by atoms with Crippen LogP contribution in [-0.4, -0.2) is 5.97 Å². The number of rotatable bonds is 6. The summed E-state index contributed by atoms with van der Waals surface area (Å²) in [5.41, 5.74) is 3.56. The number of hydrogen-bond acceptors (Lipinski definition) is 2. The van der Waals surface area contributed by atoms with Gasteiger partial charge in [-0.05, 0) is 103 Å². The molecule has 0 unspecified atom stereocenters. The van der Waals surface area contributed by atoms with Gasteiger partial charge in [0.2, 0.25) is 0 Å². The number of carbonyl (C=O) groups is 1. The predicted octanol–water partition coefficient (Wildman–Crippen LogP) is 8.47. The number of allylic oxidation sites excluding steroid dienone is 4. The highest BCUT2D eigenvalue weighted by Gasteiger charge is 2.59. The van der Waals surface area contributed by atoms with E-state index in [9.17, 15) is 4.79 Å². The number of carbonyl (C=O) groups excluding carboxylic acids is 1. The zero-order valence-corrected chi connectivity index (χ0v) is 21.9. The van der Waals surface area contributed by atoms with Crippen LogP contribution in [0.3, 0.4) is 0 Å². The molecule has 0 spiro atoms. The van der Waals surface area contributed by atoms with E-state index in [0.29, 0.717) is 5.41 Å². The van der Waals surface area contributed by atoms with Gasteiger partial charge in [-0.3, -0.25) is 4.79 Å². The van der Waals surface area contributed by atoms with E-state index in [2.05, 4.69) is 47.6 Å². The van der Waals surface area contributed by atoms with E-state index in [4.69, 9.17) is 4.74 Å². The quantitative estimate of drug-likeness (QED) is 0.387. The maximum absolute atomic E-state index is 11.6. The Hall–Kier alpha value is -1.05. The minimum absolute atomic E-state index is 0.176. The van der Waals surface area contributed by atoms with Crippen molar-refractivity contribution in [2.75, 3.05) is 0 Å². The molecule has 0 aromatic heterocycles. The van der Waals surface area contributed by atoms with Gasteiger partial charge >= 0.3 is 5.97 Å². The second-order valence-corrected chi connectivity index (χ2v) is 12.8. The fraction of sp³-hybridized carbons (Fsp3) is 0.833. The summed E-state index contributed by atoms with van der Waals surface area (Å²) in [5.74, 6) is 5.92. The van der Waals surface area contributed by atoms with Gasteiger partial charge in [0.1, 0.15) is 5.76 Å². The van der Waals surface area contributed by atoms with E-state index in [0.717, 1.165) is 54.1 Å². The van der Waals surface area contributed by atoms with Gasteiger partial charge in [-0.1, -0.05) is 60.0 Å². The van der Waals surface area contributed by atoms with Crippen molar-refractivity contribution in [2.24, 2.45) is 46.3 Å². The maximum Gasteiger partial charge on any atom is 0.307 e. The first-order valence-corrected chi connectivity index (χ1v) is 13.7. The molecule has 180 valence electrons. The molecule has 32 heavy (non-hydrogen) atoms. The summed E-state index contributed by atoms with van der Waals surface area (Å²) in [7, 11) is 0. The molecule has 0 heterocycles. The van der Waals surface area contributed by atoms with Gasteiger partial charge in [0.25, 0.3) is 0 Å². The minimum Gasteiger partial charge on any atom is -0.431 e. The predicted molar refractivity (Wildman–Crippen MR) is 133 cm³/mol. The molecule has 4 aliphatic carbocycles. The number of ether oxygens (including phenoxy) is 1. The van der Waals surface area contributed by atoms with Gasteiger partial charge < -0.3 is 4.74 Å². The normalized spacial score (nSPS) is 39.8. The second kappa shape index (κ2) is 8.95. The third-order valence-electron chi connectivity index (χ3n) is 10.6. The summed E-state index contributed by atoms with van der Waals surface area (Å²) in [6.07, 6.45) is 15.8. The van der Waals surface area contributed by atoms with E-state index < -0.39 is 0 Å². The van der Waals surface area contributed by atoms with Crippen LogP contribution in [0.4, 0.5) is 0 Å². The van der Waals surface area contributed by atoms with Crippen LogP contribution in [-0.2, 0) is 9.53 Å². The molecule has 0 amide bonds. The highest BCUT2D eigenvalue weighted by molar-refractivity contribution is 5.68. The fourth-order valence-corrected chi connectivity index (χ4v) is 9.03. The van der Waals surface area contributed by atoms with Gasteiger partial charge in [-0.15, -0.1) is 0 Å². The Morgan fingerprint density at radius 2 is 1.84 bits per heavy atom. The van der Waals surface area contributed by atoms with Gasteiger partial charge in [0.15, 0.2) is 0 Å². The van der Waals surface area contributed by atoms with Gasteiger partial charge in [-0.2, -0.15) is 0 Å². The molecule has 0 saturated heterocycles. The van der Waals surface area contributed by atoms with Crippen molar-refractivity contribution >= 4 is 5.97 Å².